The lowest BCUT2D eigenvalue weighted by Crippen LogP contribution is -2.48. The van der Waals surface area contributed by atoms with Crippen LogP contribution in [0.1, 0.15) is 29.2 Å². The van der Waals surface area contributed by atoms with E-state index in [4.69, 9.17) is 5.11 Å². The number of hydrogen-bond donors (Lipinski definition) is 2. The van der Waals surface area contributed by atoms with Crippen molar-refractivity contribution in [3.8, 4) is 0 Å². The number of aliphatic hydroxyl groups excluding tert-OH is 1. The fourth-order valence-electron chi connectivity index (χ4n) is 3.29. The highest BCUT2D eigenvalue weighted by atomic mass is 19.1. The van der Waals surface area contributed by atoms with Crippen molar-refractivity contribution in [2.45, 2.75) is 18.9 Å². The van der Waals surface area contributed by atoms with E-state index >= 15 is 0 Å². The summed E-state index contributed by atoms with van der Waals surface area (Å²) in [7, 11) is 0. The Balaban J connectivity index is 1.90. The molecule has 2 fully saturated rings. The Kier molecular flexibility index (Phi) is 3.35. The van der Waals surface area contributed by atoms with Crippen LogP contribution in [-0.4, -0.2) is 40.4 Å². The topological polar surface area (TPSA) is 82.8 Å². The van der Waals surface area contributed by atoms with E-state index in [1.165, 1.54) is 6.20 Å². The van der Waals surface area contributed by atoms with Crippen molar-refractivity contribution in [3.05, 3.63) is 39.9 Å². The number of fused-ring (bicyclic) bond motifs is 1. The molecule has 0 bridgehead atoms. The summed E-state index contributed by atoms with van der Waals surface area (Å²) in [6.45, 7) is 1.21. The first-order chi connectivity index (χ1) is 11.5. The molecule has 2 aliphatic rings. The smallest absolute Gasteiger partial charge is 0.341 e. The molecule has 6 nitrogen and oxygen atoms in total. The summed E-state index contributed by atoms with van der Waals surface area (Å²) in [5.41, 5.74) is -0.0250. The predicted molar refractivity (Wildman–Crippen MR) is 86.2 cm³/mol. The van der Waals surface area contributed by atoms with Gasteiger partial charge in [-0.2, -0.15) is 0 Å². The number of carbonyl (C=O) groups is 1. The quantitative estimate of drug-likeness (QED) is 0.889. The highest BCUT2D eigenvalue weighted by Gasteiger charge is 2.31. The highest BCUT2D eigenvalue weighted by Crippen LogP contribution is 2.38. The van der Waals surface area contributed by atoms with Crippen LogP contribution in [0.15, 0.2) is 23.1 Å². The van der Waals surface area contributed by atoms with Crippen LogP contribution in [0.2, 0.25) is 0 Å². The maximum atomic E-state index is 14.5. The van der Waals surface area contributed by atoms with Crippen LogP contribution in [0.3, 0.4) is 0 Å². The van der Waals surface area contributed by atoms with Crippen LogP contribution in [0.5, 0.6) is 0 Å². The van der Waals surface area contributed by atoms with Crippen molar-refractivity contribution in [2.75, 3.05) is 24.6 Å². The number of anilines is 1. The largest absolute Gasteiger partial charge is 0.477 e. The van der Waals surface area contributed by atoms with Gasteiger partial charge in [-0.05, 0) is 25.0 Å². The number of aromatic nitrogens is 1. The van der Waals surface area contributed by atoms with Gasteiger partial charge >= 0.3 is 5.97 Å². The van der Waals surface area contributed by atoms with E-state index < -0.39 is 17.2 Å². The normalized spacial score (nSPS) is 18.0. The minimum Gasteiger partial charge on any atom is -0.477 e. The fourth-order valence-corrected chi connectivity index (χ4v) is 3.29. The van der Waals surface area contributed by atoms with E-state index in [0.29, 0.717) is 24.3 Å². The van der Waals surface area contributed by atoms with Gasteiger partial charge in [0, 0.05) is 43.2 Å². The van der Waals surface area contributed by atoms with Crippen LogP contribution >= 0.6 is 0 Å². The molecule has 0 amide bonds. The molecule has 2 N–H and O–H groups in total. The van der Waals surface area contributed by atoms with E-state index in [1.807, 2.05) is 4.90 Å². The Labute approximate surface area is 136 Å². The zero-order valence-electron chi connectivity index (χ0n) is 12.9. The van der Waals surface area contributed by atoms with Gasteiger partial charge in [0.25, 0.3) is 0 Å². The summed E-state index contributed by atoms with van der Waals surface area (Å²) in [6, 6.07) is 2.93. The molecule has 1 aliphatic carbocycles. The summed E-state index contributed by atoms with van der Waals surface area (Å²) < 4.78 is 16.3. The Bertz CT molecular complexity index is 898. The number of carboxylic acid groups (broad SMARTS) is 1. The Morgan fingerprint density at radius 3 is 2.58 bits per heavy atom. The van der Waals surface area contributed by atoms with Crippen LogP contribution in [0.4, 0.5) is 10.1 Å². The van der Waals surface area contributed by atoms with Gasteiger partial charge in [-0.15, -0.1) is 0 Å². The summed E-state index contributed by atoms with van der Waals surface area (Å²) in [6.07, 6.45) is 3.21. The third kappa shape index (κ3) is 2.27. The van der Waals surface area contributed by atoms with Gasteiger partial charge in [0.2, 0.25) is 5.43 Å². The van der Waals surface area contributed by atoms with Crippen LogP contribution < -0.4 is 10.3 Å². The number of benzene rings is 1. The van der Waals surface area contributed by atoms with Crippen LogP contribution in [0.25, 0.3) is 10.9 Å². The average Bonchev–Trinajstić information content (AvgIpc) is 3.32. The maximum absolute atomic E-state index is 14.5. The number of rotatable bonds is 4. The zero-order chi connectivity index (χ0) is 17.0. The number of carboxylic acids is 1. The SMILES string of the molecule is O=C(O)c1cn(C2CC2)c2cc(N3CC(CO)C3)c(F)cc2c1=O. The molecular formula is C17H17FN2O4. The molecule has 1 saturated carbocycles. The second kappa shape index (κ2) is 5.31. The maximum Gasteiger partial charge on any atom is 0.341 e. The third-order valence-corrected chi connectivity index (χ3v) is 4.83. The fraction of sp³-hybridized carbons (Fsp3) is 0.412. The second-order valence-electron chi connectivity index (χ2n) is 6.59. The summed E-state index contributed by atoms with van der Waals surface area (Å²) in [5.74, 6) is -1.70. The lowest BCUT2D eigenvalue weighted by Gasteiger charge is -2.40. The summed E-state index contributed by atoms with van der Waals surface area (Å²) in [5, 5.41) is 18.4. The molecule has 0 radical (unpaired) electrons. The molecular weight excluding hydrogens is 315 g/mol. The van der Waals surface area contributed by atoms with Gasteiger partial charge in [-0.1, -0.05) is 0 Å². The first kappa shape index (κ1) is 15.1. The number of nitrogens with zero attached hydrogens (tertiary/aromatic N) is 2. The number of pyridine rings is 1. The first-order valence-corrected chi connectivity index (χ1v) is 7.97. The van der Waals surface area contributed by atoms with Crippen molar-refractivity contribution < 1.29 is 19.4 Å². The van der Waals surface area contributed by atoms with Crippen molar-refractivity contribution >= 4 is 22.6 Å². The molecule has 4 rings (SSSR count). The molecule has 1 saturated heterocycles. The standard InChI is InChI=1S/C17H17FN2O4/c18-13-3-11-14(4-15(13)19-5-9(6-19)8-21)20(10-1-2-10)7-12(16(11)22)17(23)24/h3-4,7,9-10,21H,1-2,5-6,8H2,(H,23,24). The molecule has 0 spiro atoms. The molecule has 2 heterocycles. The minimum atomic E-state index is -1.30. The summed E-state index contributed by atoms with van der Waals surface area (Å²) >= 11 is 0. The van der Waals surface area contributed by atoms with Crippen molar-refractivity contribution in [2.24, 2.45) is 5.92 Å². The van der Waals surface area contributed by atoms with E-state index in [0.717, 1.165) is 18.9 Å². The summed E-state index contributed by atoms with van der Waals surface area (Å²) in [4.78, 5) is 25.5. The molecule has 7 heteroatoms. The molecule has 1 aromatic heterocycles. The highest BCUT2D eigenvalue weighted by molar-refractivity contribution is 5.93. The van der Waals surface area contributed by atoms with Gasteiger partial charge in [0.1, 0.15) is 11.4 Å². The number of aromatic carboxylic acids is 1. The molecule has 1 aromatic carbocycles. The van der Waals surface area contributed by atoms with E-state index in [-0.39, 0.29) is 29.5 Å². The first-order valence-electron chi connectivity index (χ1n) is 7.97. The third-order valence-electron chi connectivity index (χ3n) is 4.83. The van der Waals surface area contributed by atoms with Crippen molar-refractivity contribution in [3.63, 3.8) is 0 Å². The van der Waals surface area contributed by atoms with Crippen LogP contribution in [-0.2, 0) is 0 Å². The van der Waals surface area contributed by atoms with Gasteiger partial charge in [0.05, 0.1) is 11.2 Å². The predicted octanol–water partition coefficient (Wildman–Crippen LogP) is 1.60. The van der Waals surface area contributed by atoms with E-state index in [2.05, 4.69) is 0 Å². The zero-order valence-corrected chi connectivity index (χ0v) is 12.9. The lowest BCUT2D eigenvalue weighted by atomic mass is 9.99. The molecule has 0 atom stereocenters. The van der Waals surface area contributed by atoms with Crippen LogP contribution in [0, 0.1) is 11.7 Å². The average molecular weight is 332 g/mol. The number of hydrogen-bond acceptors (Lipinski definition) is 4. The molecule has 0 unspecified atom stereocenters. The Morgan fingerprint density at radius 2 is 2.00 bits per heavy atom. The molecule has 126 valence electrons. The van der Waals surface area contributed by atoms with Crippen molar-refractivity contribution in [1.29, 1.82) is 0 Å². The van der Waals surface area contributed by atoms with Gasteiger partial charge in [0.15, 0.2) is 0 Å². The molecule has 24 heavy (non-hydrogen) atoms. The lowest BCUT2D eigenvalue weighted by molar-refractivity contribution is 0.0695. The second-order valence-corrected chi connectivity index (χ2v) is 6.59. The van der Waals surface area contributed by atoms with Gasteiger partial charge in [-0.25, -0.2) is 9.18 Å². The van der Waals surface area contributed by atoms with E-state index in [9.17, 15) is 19.1 Å². The minimum absolute atomic E-state index is 0.0699. The Morgan fingerprint density at radius 1 is 1.29 bits per heavy atom. The molecule has 2 aromatic rings. The number of halogens is 1. The Hall–Kier alpha value is -2.41. The number of aliphatic hydroxyl groups is 1. The van der Waals surface area contributed by atoms with E-state index in [1.54, 1.807) is 10.6 Å². The van der Waals surface area contributed by atoms with Crippen molar-refractivity contribution in [1.82, 2.24) is 4.57 Å². The molecule has 1 aliphatic heterocycles. The van der Waals surface area contributed by atoms with Gasteiger partial charge < -0.3 is 19.7 Å². The monoisotopic (exact) mass is 332 g/mol. The van der Waals surface area contributed by atoms with Gasteiger partial charge in [-0.3, -0.25) is 4.79 Å².